The van der Waals surface area contributed by atoms with Gasteiger partial charge in [0.1, 0.15) is 12.6 Å². The first-order valence-electron chi connectivity index (χ1n) is 11.4. The van der Waals surface area contributed by atoms with Crippen LogP contribution in [0, 0.1) is 0 Å². The fraction of sp³-hybridized carbons (Fsp3) is 0.440. The molecule has 0 aliphatic carbocycles. The van der Waals surface area contributed by atoms with Crippen LogP contribution in [0.4, 0.5) is 5.69 Å². The highest BCUT2D eigenvalue weighted by Gasteiger charge is 2.31. The van der Waals surface area contributed by atoms with Crippen LogP contribution in [-0.2, 0) is 26.0 Å². The van der Waals surface area contributed by atoms with E-state index in [4.69, 9.17) is 11.6 Å². The highest BCUT2D eigenvalue weighted by Crippen LogP contribution is 2.21. The monoisotopic (exact) mass is 507 g/mol. The van der Waals surface area contributed by atoms with Crippen molar-refractivity contribution >= 4 is 39.1 Å². The Morgan fingerprint density at radius 1 is 1.00 bits per heavy atom. The van der Waals surface area contributed by atoms with Crippen LogP contribution in [0.1, 0.15) is 39.2 Å². The first-order chi connectivity index (χ1) is 16.1. The number of rotatable bonds is 12. The molecule has 9 heteroatoms. The molecule has 0 radical (unpaired) electrons. The van der Waals surface area contributed by atoms with E-state index in [1.807, 2.05) is 51.1 Å². The van der Waals surface area contributed by atoms with Gasteiger partial charge in [-0.3, -0.25) is 13.9 Å². The smallest absolute Gasteiger partial charge is 0.244 e. The summed E-state index contributed by atoms with van der Waals surface area (Å²) in [6, 6.07) is 15.2. The van der Waals surface area contributed by atoms with Crippen LogP contribution in [0.5, 0.6) is 0 Å². The van der Waals surface area contributed by atoms with E-state index in [1.165, 1.54) is 4.90 Å². The van der Waals surface area contributed by atoms with E-state index >= 15 is 0 Å². The van der Waals surface area contributed by atoms with Crippen molar-refractivity contribution in [3.8, 4) is 0 Å². The lowest BCUT2D eigenvalue weighted by Crippen LogP contribution is -2.54. The number of nitrogens with one attached hydrogen (secondary N) is 1. The number of hydrogen-bond acceptors (Lipinski definition) is 4. The predicted octanol–water partition coefficient (Wildman–Crippen LogP) is 3.87. The third-order valence-corrected chi connectivity index (χ3v) is 7.06. The zero-order chi connectivity index (χ0) is 25.3. The third-order valence-electron chi connectivity index (χ3n) is 5.66. The summed E-state index contributed by atoms with van der Waals surface area (Å²) in [4.78, 5) is 28.1. The molecular formula is C25H34ClN3O4S. The van der Waals surface area contributed by atoms with Crippen LogP contribution >= 0.6 is 11.6 Å². The Bertz CT molecular complexity index is 1050. The van der Waals surface area contributed by atoms with Crippen molar-refractivity contribution in [2.75, 3.05) is 23.7 Å². The summed E-state index contributed by atoms with van der Waals surface area (Å²) in [5.41, 5.74) is 1.36. The van der Waals surface area contributed by atoms with Crippen molar-refractivity contribution in [1.29, 1.82) is 0 Å². The van der Waals surface area contributed by atoms with Gasteiger partial charge in [0.05, 0.1) is 11.9 Å². The molecule has 0 aliphatic rings. The normalized spacial score (nSPS) is 13.1. The summed E-state index contributed by atoms with van der Waals surface area (Å²) >= 11 is 5.95. The average Bonchev–Trinajstić information content (AvgIpc) is 2.80. The number of hydrogen-bond donors (Lipinski definition) is 1. The first kappa shape index (κ1) is 27.7. The van der Waals surface area contributed by atoms with E-state index in [2.05, 4.69) is 5.32 Å². The molecule has 2 amide bonds. The van der Waals surface area contributed by atoms with Crippen LogP contribution in [0.3, 0.4) is 0 Å². The first-order valence-corrected chi connectivity index (χ1v) is 13.7. The molecule has 0 spiro atoms. The summed E-state index contributed by atoms with van der Waals surface area (Å²) in [7, 11) is -3.76. The second-order valence-corrected chi connectivity index (χ2v) is 10.7. The van der Waals surface area contributed by atoms with Crippen molar-refractivity contribution in [1.82, 2.24) is 10.2 Å². The molecule has 2 aromatic carbocycles. The van der Waals surface area contributed by atoms with Crippen molar-refractivity contribution in [2.24, 2.45) is 0 Å². The summed E-state index contributed by atoms with van der Waals surface area (Å²) in [6.07, 6.45) is 2.76. The number of carbonyl (C=O) groups excluding carboxylic acids is 2. The number of halogens is 1. The highest BCUT2D eigenvalue weighted by atomic mass is 35.5. The molecule has 186 valence electrons. The lowest BCUT2D eigenvalue weighted by Gasteiger charge is -2.33. The molecule has 34 heavy (non-hydrogen) atoms. The van der Waals surface area contributed by atoms with Crippen LogP contribution in [0.15, 0.2) is 54.6 Å². The lowest BCUT2D eigenvalue weighted by molar-refractivity contribution is -0.139. The number of benzene rings is 2. The minimum Gasteiger partial charge on any atom is -0.352 e. The fourth-order valence-electron chi connectivity index (χ4n) is 3.56. The maximum absolute atomic E-state index is 13.5. The Kier molecular flexibility index (Phi) is 10.4. The minimum absolute atomic E-state index is 0.0331. The van der Waals surface area contributed by atoms with Gasteiger partial charge >= 0.3 is 0 Å². The Hall–Kier alpha value is -2.58. The zero-order valence-electron chi connectivity index (χ0n) is 20.2. The number of anilines is 1. The number of sulfonamides is 1. The van der Waals surface area contributed by atoms with Gasteiger partial charge in [-0.2, -0.15) is 0 Å². The van der Waals surface area contributed by atoms with Gasteiger partial charge in [0.2, 0.25) is 21.8 Å². The molecule has 0 aliphatic heterocycles. The van der Waals surface area contributed by atoms with E-state index in [-0.39, 0.29) is 18.5 Å². The van der Waals surface area contributed by atoms with E-state index in [0.717, 1.165) is 22.5 Å². The second kappa shape index (κ2) is 12.8. The number of carbonyl (C=O) groups is 2. The van der Waals surface area contributed by atoms with Gasteiger partial charge in [-0.1, -0.05) is 55.8 Å². The summed E-state index contributed by atoms with van der Waals surface area (Å²) < 4.78 is 26.2. The van der Waals surface area contributed by atoms with Crippen LogP contribution in [-0.4, -0.2) is 56.6 Å². The molecule has 2 aromatic rings. The molecule has 2 atom stereocenters. The van der Waals surface area contributed by atoms with Crippen molar-refractivity contribution in [2.45, 2.75) is 52.1 Å². The second-order valence-electron chi connectivity index (χ2n) is 8.31. The van der Waals surface area contributed by atoms with Crippen molar-refractivity contribution in [3.63, 3.8) is 0 Å². The van der Waals surface area contributed by atoms with Crippen LogP contribution in [0.25, 0.3) is 0 Å². The molecule has 0 saturated heterocycles. The van der Waals surface area contributed by atoms with Gasteiger partial charge in [-0.15, -0.1) is 0 Å². The molecule has 0 fully saturated rings. The number of amides is 2. The third kappa shape index (κ3) is 8.02. The van der Waals surface area contributed by atoms with Gasteiger partial charge in [0, 0.05) is 17.6 Å². The standard InChI is InChI=1S/C25H34ClN3O4S/c1-5-19(3)27-25(31)23(6-2)28(17-16-20-10-8-7-9-11-20)24(30)18-29(34(4,32)33)22-14-12-21(26)13-15-22/h7-15,19,23H,5-6,16-18H2,1-4H3,(H,27,31)/t19-,23+/m1/s1. The molecule has 0 aromatic heterocycles. The molecule has 0 saturated carbocycles. The van der Waals surface area contributed by atoms with E-state index in [0.29, 0.717) is 23.6 Å². The van der Waals surface area contributed by atoms with E-state index < -0.39 is 28.5 Å². The highest BCUT2D eigenvalue weighted by molar-refractivity contribution is 7.92. The minimum atomic E-state index is -3.76. The predicted molar refractivity (Wildman–Crippen MR) is 137 cm³/mol. The Balaban J connectivity index is 2.34. The summed E-state index contributed by atoms with van der Waals surface area (Å²) in [5, 5.41) is 3.42. The molecule has 0 bridgehead atoms. The lowest BCUT2D eigenvalue weighted by atomic mass is 10.1. The fourth-order valence-corrected chi connectivity index (χ4v) is 4.53. The van der Waals surface area contributed by atoms with E-state index in [1.54, 1.807) is 24.3 Å². The maximum Gasteiger partial charge on any atom is 0.244 e. The SMILES string of the molecule is CC[C@@H](C)NC(=O)[C@H](CC)N(CCc1ccccc1)C(=O)CN(c1ccc(Cl)cc1)S(C)(=O)=O. The van der Waals surface area contributed by atoms with Gasteiger partial charge in [0.25, 0.3) is 0 Å². The summed E-state index contributed by atoms with van der Waals surface area (Å²) in [5.74, 6) is -0.682. The van der Waals surface area contributed by atoms with E-state index in [9.17, 15) is 18.0 Å². The van der Waals surface area contributed by atoms with Crippen LogP contribution < -0.4 is 9.62 Å². The Morgan fingerprint density at radius 3 is 2.15 bits per heavy atom. The van der Waals surface area contributed by atoms with Gasteiger partial charge < -0.3 is 10.2 Å². The molecule has 7 nitrogen and oxygen atoms in total. The molecular weight excluding hydrogens is 474 g/mol. The maximum atomic E-state index is 13.5. The molecule has 2 rings (SSSR count). The average molecular weight is 508 g/mol. The Labute approximate surface area is 208 Å². The summed E-state index contributed by atoms with van der Waals surface area (Å²) in [6.45, 7) is 5.60. The topological polar surface area (TPSA) is 86.8 Å². The van der Waals surface area contributed by atoms with Crippen molar-refractivity contribution in [3.05, 3.63) is 65.2 Å². The quantitative estimate of drug-likeness (QED) is 0.472. The van der Waals surface area contributed by atoms with Gasteiger partial charge in [0.15, 0.2) is 0 Å². The largest absolute Gasteiger partial charge is 0.352 e. The van der Waals surface area contributed by atoms with Gasteiger partial charge in [-0.25, -0.2) is 8.42 Å². The van der Waals surface area contributed by atoms with Crippen LogP contribution in [0.2, 0.25) is 5.02 Å². The van der Waals surface area contributed by atoms with Crippen molar-refractivity contribution < 1.29 is 18.0 Å². The zero-order valence-corrected chi connectivity index (χ0v) is 21.8. The molecule has 0 unspecified atom stereocenters. The molecule has 1 N–H and O–H groups in total. The Morgan fingerprint density at radius 2 is 1.62 bits per heavy atom. The van der Waals surface area contributed by atoms with Gasteiger partial charge in [-0.05, 0) is 56.0 Å². The molecule has 0 heterocycles. The number of nitrogens with zero attached hydrogens (tertiary/aromatic N) is 2.